The number of nitrogens with one attached hydrogen (secondary N) is 2. The van der Waals surface area contributed by atoms with Crippen molar-refractivity contribution >= 4 is 50.5 Å². The van der Waals surface area contributed by atoms with Crippen LogP contribution in [0.2, 0.25) is 10.0 Å². The highest BCUT2D eigenvalue weighted by atomic mass is 35.5. The van der Waals surface area contributed by atoms with Crippen molar-refractivity contribution in [2.45, 2.75) is 11.8 Å². The SMILES string of the molecule is Cc1ccc(Cl)cc1NC(=O)c1cccc(S(=O)(=O)Nc2ccccc2Cl)c1. The van der Waals surface area contributed by atoms with Gasteiger partial charge in [-0.05, 0) is 55.0 Å². The lowest BCUT2D eigenvalue weighted by molar-refractivity contribution is 0.102. The quantitative estimate of drug-likeness (QED) is 0.567. The number of hydrogen-bond acceptors (Lipinski definition) is 3. The molecule has 0 fully saturated rings. The van der Waals surface area contributed by atoms with E-state index in [-0.39, 0.29) is 21.2 Å². The van der Waals surface area contributed by atoms with Crippen molar-refractivity contribution in [2.75, 3.05) is 10.0 Å². The summed E-state index contributed by atoms with van der Waals surface area (Å²) in [5.74, 6) is -0.444. The fourth-order valence-corrected chi connectivity index (χ4v) is 4.01. The summed E-state index contributed by atoms with van der Waals surface area (Å²) in [5.41, 5.74) is 1.84. The maximum absolute atomic E-state index is 12.7. The highest BCUT2D eigenvalue weighted by Gasteiger charge is 2.18. The van der Waals surface area contributed by atoms with Gasteiger partial charge in [-0.15, -0.1) is 0 Å². The van der Waals surface area contributed by atoms with Crippen molar-refractivity contribution in [3.63, 3.8) is 0 Å². The van der Waals surface area contributed by atoms with E-state index in [0.29, 0.717) is 10.7 Å². The van der Waals surface area contributed by atoms with Crippen LogP contribution in [0.25, 0.3) is 0 Å². The molecule has 3 aromatic rings. The molecule has 0 aliphatic carbocycles. The van der Waals surface area contributed by atoms with Crippen molar-refractivity contribution in [3.05, 3.63) is 87.9 Å². The van der Waals surface area contributed by atoms with E-state index in [1.807, 2.05) is 6.92 Å². The second-order valence-corrected chi connectivity index (χ2v) is 8.55. The van der Waals surface area contributed by atoms with Gasteiger partial charge < -0.3 is 5.32 Å². The molecule has 8 heteroatoms. The lowest BCUT2D eigenvalue weighted by atomic mass is 10.1. The summed E-state index contributed by atoms with van der Waals surface area (Å²) in [6, 6.07) is 17.4. The van der Waals surface area contributed by atoms with Gasteiger partial charge >= 0.3 is 0 Å². The van der Waals surface area contributed by atoms with Crippen molar-refractivity contribution in [2.24, 2.45) is 0 Å². The predicted molar refractivity (Wildman–Crippen MR) is 113 cm³/mol. The fourth-order valence-electron chi connectivity index (χ4n) is 2.48. The van der Waals surface area contributed by atoms with Gasteiger partial charge in [-0.1, -0.05) is 47.5 Å². The number of hydrogen-bond donors (Lipinski definition) is 2. The third kappa shape index (κ3) is 4.65. The Kier molecular flexibility index (Phi) is 5.93. The minimum absolute atomic E-state index is 0.0529. The van der Waals surface area contributed by atoms with Gasteiger partial charge in [0.05, 0.1) is 15.6 Å². The monoisotopic (exact) mass is 434 g/mol. The molecule has 0 heterocycles. The highest BCUT2D eigenvalue weighted by molar-refractivity contribution is 7.92. The number of sulfonamides is 1. The summed E-state index contributed by atoms with van der Waals surface area (Å²) in [7, 11) is -3.92. The molecule has 0 aliphatic rings. The Bertz CT molecular complexity index is 1150. The van der Waals surface area contributed by atoms with E-state index in [0.717, 1.165) is 5.56 Å². The number of halogens is 2. The molecule has 0 atom stereocenters. The minimum atomic E-state index is -3.92. The second-order valence-electron chi connectivity index (χ2n) is 6.03. The molecule has 5 nitrogen and oxygen atoms in total. The summed E-state index contributed by atoms with van der Waals surface area (Å²) < 4.78 is 27.8. The van der Waals surface area contributed by atoms with Gasteiger partial charge in [-0.3, -0.25) is 9.52 Å². The average Bonchev–Trinajstić information content (AvgIpc) is 2.66. The molecule has 0 aromatic heterocycles. The molecule has 0 saturated heterocycles. The van der Waals surface area contributed by atoms with Gasteiger partial charge in [0.25, 0.3) is 15.9 Å². The molecule has 1 amide bonds. The molecule has 0 radical (unpaired) electrons. The molecule has 3 rings (SSSR count). The molecule has 144 valence electrons. The van der Waals surface area contributed by atoms with E-state index >= 15 is 0 Å². The van der Waals surface area contributed by atoms with Crippen molar-refractivity contribution in [1.82, 2.24) is 0 Å². The first-order valence-corrected chi connectivity index (χ1v) is 10.4. The number of carbonyl (C=O) groups excluding carboxylic acids is 1. The number of anilines is 2. The Morgan fingerprint density at radius 2 is 1.64 bits per heavy atom. The van der Waals surface area contributed by atoms with Crippen LogP contribution in [-0.4, -0.2) is 14.3 Å². The third-order valence-corrected chi connectivity index (χ3v) is 5.90. The molecule has 0 aliphatic heterocycles. The smallest absolute Gasteiger partial charge is 0.261 e. The molecule has 0 saturated carbocycles. The van der Waals surface area contributed by atoms with Crippen LogP contribution >= 0.6 is 23.2 Å². The van der Waals surface area contributed by atoms with Crippen LogP contribution in [0.4, 0.5) is 11.4 Å². The fraction of sp³-hybridized carbons (Fsp3) is 0.0500. The second kappa shape index (κ2) is 8.22. The zero-order chi connectivity index (χ0) is 20.3. The maximum atomic E-state index is 12.7. The van der Waals surface area contributed by atoms with Gasteiger partial charge in [0.2, 0.25) is 0 Å². The lowest BCUT2D eigenvalue weighted by Crippen LogP contribution is -2.16. The maximum Gasteiger partial charge on any atom is 0.261 e. The van der Waals surface area contributed by atoms with Gasteiger partial charge in [0, 0.05) is 16.3 Å². The number of benzene rings is 3. The molecule has 2 N–H and O–H groups in total. The molecule has 0 spiro atoms. The summed E-state index contributed by atoms with van der Waals surface area (Å²) in [5, 5.41) is 3.51. The van der Waals surface area contributed by atoms with Gasteiger partial charge in [-0.25, -0.2) is 8.42 Å². The third-order valence-electron chi connectivity index (χ3n) is 3.97. The lowest BCUT2D eigenvalue weighted by Gasteiger charge is -2.12. The van der Waals surface area contributed by atoms with Gasteiger partial charge in [0.15, 0.2) is 0 Å². The van der Waals surface area contributed by atoms with E-state index in [1.54, 1.807) is 42.5 Å². The standard InChI is InChI=1S/C20H16Cl2N2O3S/c1-13-9-10-15(21)12-19(13)23-20(25)14-5-4-6-16(11-14)28(26,27)24-18-8-3-2-7-17(18)22/h2-12,24H,1H3,(H,23,25). The first-order valence-electron chi connectivity index (χ1n) is 8.21. The zero-order valence-electron chi connectivity index (χ0n) is 14.7. The molecule has 3 aromatic carbocycles. The Labute approximate surface area is 173 Å². The van der Waals surface area contributed by atoms with E-state index in [2.05, 4.69) is 10.0 Å². The van der Waals surface area contributed by atoms with Crippen LogP contribution in [0, 0.1) is 6.92 Å². The Morgan fingerprint density at radius 3 is 2.39 bits per heavy atom. The molecule has 0 unspecified atom stereocenters. The van der Waals surface area contributed by atoms with Crippen molar-refractivity contribution < 1.29 is 13.2 Å². The predicted octanol–water partition coefficient (Wildman–Crippen LogP) is 5.35. The zero-order valence-corrected chi connectivity index (χ0v) is 17.1. The summed E-state index contributed by atoms with van der Waals surface area (Å²) >= 11 is 12.0. The van der Waals surface area contributed by atoms with E-state index in [4.69, 9.17) is 23.2 Å². The number of para-hydroxylation sites is 1. The number of aryl methyl sites for hydroxylation is 1. The average molecular weight is 435 g/mol. The first-order chi connectivity index (χ1) is 13.3. The Morgan fingerprint density at radius 1 is 0.893 bits per heavy atom. The summed E-state index contributed by atoms with van der Waals surface area (Å²) in [4.78, 5) is 12.5. The first kappa shape index (κ1) is 20.2. The van der Waals surface area contributed by atoms with Gasteiger partial charge in [-0.2, -0.15) is 0 Å². The Balaban J connectivity index is 1.86. The van der Waals surface area contributed by atoms with Gasteiger partial charge in [0.1, 0.15) is 0 Å². The topological polar surface area (TPSA) is 75.3 Å². The molecule has 28 heavy (non-hydrogen) atoms. The Hall–Kier alpha value is -2.54. The molecular weight excluding hydrogens is 419 g/mol. The minimum Gasteiger partial charge on any atom is -0.322 e. The van der Waals surface area contributed by atoms with Crippen LogP contribution in [0.15, 0.2) is 71.6 Å². The number of carbonyl (C=O) groups is 1. The van der Waals surface area contributed by atoms with Crippen LogP contribution < -0.4 is 10.0 Å². The van der Waals surface area contributed by atoms with Crippen molar-refractivity contribution in [1.29, 1.82) is 0 Å². The number of rotatable bonds is 5. The largest absolute Gasteiger partial charge is 0.322 e. The van der Waals surface area contributed by atoms with Crippen LogP contribution in [0.1, 0.15) is 15.9 Å². The summed E-state index contributed by atoms with van der Waals surface area (Å²) in [6.07, 6.45) is 0. The summed E-state index contributed by atoms with van der Waals surface area (Å²) in [6.45, 7) is 1.83. The van der Waals surface area contributed by atoms with Crippen molar-refractivity contribution in [3.8, 4) is 0 Å². The van der Waals surface area contributed by atoms with Crippen LogP contribution in [0.3, 0.4) is 0 Å². The highest BCUT2D eigenvalue weighted by Crippen LogP contribution is 2.25. The van der Waals surface area contributed by atoms with Crippen LogP contribution in [-0.2, 0) is 10.0 Å². The van der Waals surface area contributed by atoms with E-state index in [9.17, 15) is 13.2 Å². The number of amides is 1. The van der Waals surface area contributed by atoms with E-state index in [1.165, 1.54) is 24.3 Å². The molecular formula is C20H16Cl2N2O3S. The molecule has 0 bridgehead atoms. The van der Waals surface area contributed by atoms with E-state index < -0.39 is 15.9 Å². The van der Waals surface area contributed by atoms with Crippen LogP contribution in [0.5, 0.6) is 0 Å². The normalized spacial score (nSPS) is 11.1.